The Labute approximate surface area is 202 Å². The highest BCUT2D eigenvalue weighted by Crippen LogP contribution is 2.28. The molecule has 6 nitrogen and oxygen atoms in total. The van der Waals surface area contributed by atoms with Crippen LogP contribution in [0, 0.1) is 0 Å². The minimum atomic E-state index is -0.0175. The summed E-state index contributed by atoms with van der Waals surface area (Å²) >= 11 is 0. The van der Waals surface area contributed by atoms with E-state index in [1.54, 1.807) is 19.3 Å². The molecule has 1 heterocycles. The zero-order valence-corrected chi connectivity index (χ0v) is 20.3. The second kappa shape index (κ2) is 13.4. The highest BCUT2D eigenvalue weighted by molar-refractivity contribution is 5.92. The third-order valence-electron chi connectivity index (χ3n) is 6.02. The number of unbranched alkanes of at least 4 members (excludes halogenated alkanes) is 1. The number of rotatable bonds is 11. The van der Waals surface area contributed by atoms with Gasteiger partial charge >= 0.3 is 0 Å². The maximum atomic E-state index is 12.7. The lowest BCUT2D eigenvalue weighted by atomic mass is 10.0. The van der Waals surface area contributed by atoms with Crippen LogP contribution in [0.3, 0.4) is 0 Å². The molecule has 0 unspecified atom stereocenters. The van der Waals surface area contributed by atoms with E-state index in [-0.39, 0.29) is 17.9 Å². The predicted molar refractivity (Wildman–Crippen MR) is 135 cm³/mol. The number of piperidine rings is 1. The molecule has 182 valence electrons. The lowest BCUT2D eigenvalue weighted by molar-refractivity contribution is -0.127. The number of nitrogens with zero attached hydrogens (tertiary/aromatic N) is 1. The third kappa shape index (κ3) is 7.94. The fraction of sp³-hybridized carbons (Fsp3) is 0.429. The molecule has 3 rings (SSSR count). The molecule has 0 aromatic heterocycles. The normalized spacial score (nSPS) is 14.2. The summed E-state index contributed by atoms with van der Waals surface area (Å²) in [6, 6.07) is 15.8. The molecule has 1 saturated heterocycles. The van der Waals surface area contributed by atoms with Crippen LogP contribution in [0.5, 0.6) is 11.5 Å². The lowest BCUT2D eigenvalue weighted by Gasteiger charge is -2.31. The fourth-order valence-corrected chi connectivity index (χ4v) is 3.95. The molecule has 0 atom stereocenters. The van der Waals surface area contributed by atoms with Gasteiger partial charge in [-0.1, -0.05) is 49.7 Å². The largest absolute Gasteiger partial charge is 0.493 e. The number of likely N-dealkylation sites (tertiary alicyclic amines) is 1. The van der Waals surface area contributed by atoms with Crippen LogP contribution < -0.4 is 14.8 Å². The van der Waals surface area contributed by atoms with Crippen molar-refractivity contribution in [3.05, 3.63) is 65.7 Å². The molecule has 1 aliphatic rings. The molecule has 0 spiro atoms. The van der Waals surface area contributed by atoms with Crippen molar-refractivity contribution in [1.82, 2.24) is 10.2 Å². The molecule has 0 saturated carbocycles. The molecule has 34 heavy (non-hydrogen) atoms. The highest BCUT2D eigenvalue weighted by atomic mass is 16.5. The van der Waals surface area contributed by atoms with Crippen molar-refractivity contribution in [2.45, 2.75) is 51.5 Å². The first kappa shape index (κ1) is 25.3. The van der Waals surface area contributed by atoms with Crippen molar-refractivity contribution in [3.63, 3.8) is 0 Å². The SMILES string of the molecule is CCCCOc1ccc(C=CC(=O)N2CCC(NC(=O)CCc3ccccc3)CC2)cc1OC. The van der Waals surface area contributed by atoms with Crippen LogP contribution in [-0.4, -0.2) is 49.6 Å². The zero-order valence-electron chi connectivity index (χ0n) is 20.3. The molecule has 2 amide bonds. The molecular weight excluding hydrogens is 428 g/mol. The maximum absolute atomic E-state index is 12.7. The summed E-state index contributed by atoms with van der Waals surface area (Å²) in [6.07, 6.45) is 8.24. The molecule has 6 heteroatoms. The number of methoxy groups -OCH3 is 1. The van der Waals surface area contributed by atoms with E-state index in [1.807, 2.05) is 53.4 Å². The van der Waals surface area contributed by atoms with Crippen LogP contribution in [0.15, 0.2) is 54.6 Å². The Balaban J connectivity index is 1.43. The van der Waals surface area contributed by atoms with E-state index in [0.717, 1.165) is 37.7 Å². The number of amides is 2. The van der Waals surface area contributed by atoms with Crippen molar-refractivity contribution in [2.75, 3.05) is 26.8 Å². The van der Waals surface area contributed by atoms with Gasteiger partial charge < -0.3 is 19.7 Å². The van der Waals surface area contributed by atoms with E-state index in [1.165, 1.54) is 5.56 Å². The number of nitrogens with one attached hydrogen (secondary N) is 1. The highest BCUT2D eigenvalue weighted by Gasteiger charge is 2.22. The molecule has 2 aromatic carbocycles. The molecule has 1 fully saturated rings. The van der Waals surface area contributed by atoms with E-state index in [2.05, 4.69) is 12.2 Å². The Morgan fingerprint density at radius 2 is 1.85 bits per heavy atom. The van der Waals surface area contributed by atoms with Crippen molar-refractivity contribution in [1.29, 1.82) is 0 Å². The Kier molecular flexibility index (Phi) is 10.0. The van der Waals surface area contributed by atoms with Gasteiger partial charge in [-0.15, -0.1) is 0 Å². The van der Waals surface area contributed by atoms with Crippen LogP contribution in [0.2, 0.25) is 0 Å². The molecule has 0 bridgehead atoms. The van der Waals surface area contributed by atoms with Crippen LogP contribution in [0.1, 0.15) is 50.2 Å². The molecule has 1 N–H and O–H groups in total. The quantitative estimate of drug-likeness (QED) is 0.389. The summed E-state index contributed by atoms with van der Waals surface area (Å²) in [5.41, 5.74) is 2.05. The number of aryl methyl sites for hydroxylation is 1. The minimum absolute atomic E-state index is 0.0175. The standard InChI is InChI=1S/C28H36N2O4/c1-3-4-20-34-25-13-10-23(21-26(25)33-2)12-15-28(32)30-18-16-24(17-19-30)29-27(31)14-11-22-8-6-5-7-9-22/h5-10,12-13,15,21,24H,3-4,11,14,16-20H2,1-2H3,(H,29,31). The van der Waals surface area contributed by atoms with E-state index < -0.39 is 0 Å². The van der Waals surface area contributed by atoms with Crippen LogP contribution >= 0.6 is 0 Å². The summed E-state index contributed by atoms with van der Waals surface area (Å²) in [4.78, 5) is 26.8. The van der Waals surface area contributed by atoms with Gasteiger partial charge in [-0.3, -0.25) is 9.59 Å². The van der Waals surface area contributed by atoms with Crippen molar-refractivity contribution in [2.24, 2.45) is 0 Å². The number of hydrogen-bond acceptors (Lipinski definition) is 4. The van der Waals surface area contributed by atoms with Gasteiger partial charge in [0.25, 0.3) is 0 Å². The van der Waals surface area contributed by atoms with Gasteiger partial charge in [0.2, 0.25) is 11.8 Å². The topological polar surface area (TPSA) is 67.9 Å². The van der Waals surface area contributed by atoms with Crippen LogP contribution in [0.25, 0.3) is 6.08 Å². The van der Waals surface area contributed by atoms with Gasteiger partial charge in [-0.25, -0.2) is 0 Å². The second-order valence-electron chi connectivity index (χ2n) is 8.60. The van der Waals surface area contributed by atoms with Crippen molar-refractivity contribution >= 4 is 17.9 Å². The minimum Gasteiger partial charge on any atom is -0.493 e. The predicted octanol–water partition coefficient (Wildman–Crippen LogP) is 4.63. The maximum Gasteiger partial charge on any atom is 0.246 e. The summed E-state index contributed by atoms with van der Waals surface area (Å²) in [7, 11) is 1.62. The molecule has 0 aliphatic carbocycles. The first-order valence-electron chi connectivity index (χ1n) is 12.2. The van der Waals surface area contributed by atoms with Crippen LogP contribution in [-0.2, 0) is 16.0 Å². The van der Waals surface area contributed by atoms with Gasteiger partial charge in [0.1, 0.15) is 0 Å². The Morgan fingerprint density at radius 1 is 1.09 bits per heavy atom. The Bertz CT molecular complexity index is 950. The summed E-state index contributed by atoms with van der Waals surface area (Å²) in [6.45, 7) is 4.06. The summed E-state index contributed by atoms with van der Waals surface area (Å²) in [5, 5.41) is 3.12. The van der Waals surface area contributed by atoms with Gasteiger partial charge in [-0.2, -0.15) is 0 Å². The molecule has 0 radical (unpaired) electrons. The molecule has 1 aliphatic heterocycles. The average molecular weight is 465 g/mol. The molecule has 2 aromatic rings. The third-order valence-corrected chi connectivity index (χ3v) is 6.02. The molecular formula is C28H36N2O4. The van der Waals surface area contributed by atoms with E-state index in [9.17, 15) is 9.59 Å². The number of benzene rings is 2. The zero-order chi connectivity index (χ0) is 24.2. The van der Waals surface area contributed by atoms with Gasteiger partial charge in [0.05, 0.1) is 13.7 Å². The van der Waals surface area contributed by atoms with Gasteiger partial charge in [0, 0.05) is 31.6 Å². The van der Waals surface area contributed by atoms with E-state index >= 15 is 0 Å². The van der Waals surface area contributed by atoms with Crippen molar-refractivity contribution in [3.8, 4) is 11.5 Å². The number of hydrogen-bond donors (Lipinski definition) is 1. The lowest BCUT2D eigenvalue weighted by Crippen LogP contribution is -2.46. The number of carbonyl (C=O) groups is 2. The number of carbonyl (C=O) groups excluding carboxylic acids is 2. The van der Waals surface area contributed by atoms with E-state index in [4.69, 9.17) is 9.47 Å². The second-order valence-corrected chi connectivity index (χ2v) is 8.60. The fourth-order valence-electron chi connectivity index (χ4n) is 3.95. The van der Waals surface area contributed by atoms with Crippen LogP contribution in [0.4, 0.5) is 0 Å². The smallest absolute Gasteiger partial charge is 0.246 e. The summed E-state index contributed by atoms with van der Waals surface area (Å²) < 4.78 is 11.2. The first-order valence-corrected chi connectivity index (χ1v) is 12.2. The van der Waals surface area contributed by atoms with Crippen molar-refractivity contribution < 1.29 is 19.1 Å². The average Bonchev–Trinajstić information content (AvgIpc) is 2.87. The Morgan fingerprint density at radius 3 is 2.56 bits per heavy atom. The van der Waals surface area contributed by atoms with E-state index in [0.29, 0.717) is 37.6 Å². The summed E-state index contributed by atoms with van der Waals surface area (Å²) in [5.74, 6) is 1.43. The monoisotopic (exact) mass is 464 g/mol. The van der Waals surface area contributed by atoms with Gasteiger partial charge in [0.15, 0.2) is 11.5 Å². The van der Waals surface area contributed by atoms with Gasteiger partial charge in [-0.05, 0) is 55.0 Å². The Hall–Kier alpha value is -3.28. The first-order chi connectivity index (χ1) is 16.6. The number of ether oxygens (including phenoxy) is 2.